The van der Waals surface area contributed by atoms with Crippen molar-refractivity contribution in [1.29, 1.82) is 0 Å². The third kappa shape index (κ3) is 45.8. The second-order valence-electron chi connectivity index (χ2n) is 17.8. The van der Waals surface area contributed by atoms with E-state index in [-0.39, 0.29) is 26.1 Å². The molecule has 10 heteroatoms. The standard InChI is InChI=1S/C49H94NO8P/c1-6-8-10-12-14-16-18-20-21-22-23-24-25-26-27-28-29-30-32-34-36-38-40-42-49(52)58-47(46-57-59(53,54)56-44-43-50(3,4)5)45-55-48(51)41-39-37-35-33-31-19-17-15-13-11-9-7-2/h15,17,34,36,47H,6-14,16,18-33,35,37-46H2,1-5H3/b17-15+,36-34+/t47-/m1/s1. The summed E-state index contributed by atoms with van der Waals surface area (Å²) in [5.74, 6) is -0.875. The summed E-state index contributed by atoms with van der Waals surface area (Å²) >= 11 is 0. The Morgan fingerprint density at radius 1 is 0.508 bits per heavy atom. The maximum absolute atomic E-state index is 12.7. The van der Waals surface area contributed by atoms with Crippen LogP contribution in [0.5, 0.6) is 0 Å². The highest BCUT2D eigenvalue weighted by molar-refractivity contribution is 7.45. The molecule has 1 unspecified atom stereocenters. The van der Waals surface area contributed by atoms with Gasteiger partial charge in [0.1, 0.15) is 19.8 Å². The highest BCUT2D eigenvalue weighted by Gasteiger charge is 2.21. The minimum atomic E-state index is -4.63. The van der Waals surface area contributed by atoms with Gasteiger partial charge in [0, 0.05) is 12.8 Å². The Bertz CT molecular complexity index is 1060. The highest BCUT2D eigenvalue weighted by Crippen LogP contribution is 2.38. The molecule has 0 aromatic carbocycles. The van der Waals surface area contributed by atoms with Crippen LogP contribution < -0.4 is 4.89 Å². The first-order valence-electron chi connectivity index (χ1n) is 24.5. The molecular formula is C49H94NO8P. The lowest BCUT2D eigenvalue weighted by atomic mass is 10.0. The van der Waals surface area contributed by atoms with Gasteiger partial charge >= 0.3 is 11.9 Å². The Balaban J connectivity index is 4.23. The predicted octanol–water partition coefficient (Wildman–Crippen LogP) is 13.7. The molecule has 0 aliphatic rings. The molecular weight excluding hydrogens is 762 g/mol. The van der Waals surface area contributed by atoms with E-state index in [1.54, 1.807) is 0 Å². The number of unbranched alkanes of at least 4 members (excludes halogenated alkanes) is 27. The second-order valence-corrected chi connectivity index (χ2v) is 19.2. The molecule has 0 heterocycles. The van der Waals surface area contributed by atoms with Crippen LogP contribution in [0.1, 0.15) is 226 Å². The van der Waals surface area contributed by atoms with Gasteiger partial charge < -0.3 is 27.9 Å². The van der Waals surface area contributed by atoms with Crippen LogP contribution in [0.25, 0.3) is 0 Å². The summed E-state index contributed by atoms with van der Waals surface area (Å²) in [5, 5.41) is 0. The molecule has 0 aromatic heterocycles. The van der Waals surface area contributed by atoms with Crippen LogP contribution in [0.2, 0.25) is 0 Å². The van der Waals surface area contributed by atoms with Crippen LogP contribution in [-0.4, -0.2) is 70.0 Å². The van der Waals surface area contributed by atoms with E-state index in [0.29, 0.717) is 17.4 Å². The second kappa shape index (κ2) is 41.8. The molecule has 0 N–H and O–H groups in total. The van der Waals surface area contributed by atoms with Crippen LogP contribution >= 0.6 is 7.82 Å². The summed E-state index contributed by atoms with van der Waals surface area (Å²) in [5.41, 5.74) is 0. The third-order valence-corrected chi connectivity index (χ3v) is 11.7. The number of carbonyl (C=O) groups is 2. The number of allylic oxidation sites excluding steroid dienone is 4. The number of phosphoric ester groups is 1. The first-order chi connectivity index (χ1) is 28.5. The van der Waals surface area contributed by atoms with Gasteiger partial charge in [0.25, 0.3) is 7.82 Å². The number of hydrogen-bond acceptors (Lipinski definition) is 8. The quantitative estimate of drug-likeness (QED) is 0.0196. The first kappa shape index (κ1) is 57.5. The van der Waals surface area contributed by atoms with E-state index in [1.807, 2.05) is 21.1 Å². The fraction of sp³-hybridized carbons (Fsp3) is 0.878. The number of esters is 2. The SMILES string of the molecule is CCCCC/C=C/CCCCCCCC(=O)OC[C@H](COP(=O)([O-])OCC[N+](C)(C)C)OC(=O)CCC/C=C/CCCCCCCCCCCCCCCCCCCC. The topological polar surface area (TPSA) is 111 Å². The monoisotopic (exact) mass is 856 g/mol. The summed E-state index contributed by atoms with van der Waals surface area (Å²) in [4.78, 5) is 37.6. The van der Waals surface area contributed by atoms with Gasteiger partial charge in [-0.3, -0.25) is 14.2 Å². The largest absolute Gasteiger partial charge is 0.756 e. The van der Waals surface area contributed by atoms with Crippen LogP contribution in [-0.2, 0) is 32.7 Å². The summed E-state index contributed by atoms with van der Waals surface area (Å²) in [6.07, 6.45) is 46.6. The smallest absolute Gasteiger partial charge is 0.306 e. The zero-order valence-corrected chi connectivity index (χ0v) is 40.1. The molecule has 0 aliphatic heterocycles. The van der Waals surface area contributed by atoms with Gasteiger partial charge in [-0.25, -0.2) is 0 Å². The van der Waals surface area contributed by atoms with Crippen molar-refractivity contribution in [3.05, 3.63) is 24.3 Å². The summed E-state index contributed by atoms with van der Waals surface area (Å²) in [6, 6.07) is 0. The number of rotatable bonds is 45. The number of phosphoric acid groups is 1. The zero-order chi connectivity index (χ0) is 43.6. The van der Waals surface area contributed by atoms with Crippen molar-refractivity contribution >= 4 is 19.8 Å². The Hall–Kier alpha value is -1.51. The molecule has 0 fully saturated rings. The summed E-state index contributed by atoms with van der Waals surface area (Å²) < 4.78 is 33.9. The number of carbonyl (C=O) groups excluding carboxylic acids is 2. The van der Waals surface area contributed by atoms with Crippen LogP contribution in [0.15, 0.2) is 24.3 Å². The van der Waals surface area contributed by atoms with E-state index in [4.69, 9.17) is 18.5 Å². The average Bonchev–Trinajstić information content (AvgIpc) is 3.19. The van der Waals surface area contributed by atoms with Gasteiger partial charge in [0.2, 0.25) is 0 Å². The number of ether oxygens (including phenoxy) is 2. The Morgan fingerprint density at radius 3 is 1.34 bits per heavy atom. The normalized spacial score (nSPS) is 13.7. The van der Waals surface area contributed by atoms with Gasteiger partial charge in [0.15, 0.2) is 6.10 Å². The number of likely N-dealkylation sites (N-methyl/N-ethyl adjacent to an activating group) is 1. The fourth-order valence-electron chi connectivity index (χ4n) is 6.83. The highest BCUT2D eigenvalue weighted by atomic mass is 31.2. The molecule has 0 bridgehead atoms. The van der Waals surface area contributed by atoms with Crippen molar-refractivity contribution in [2.24, 2.45) is 0 Å². The lowest BCUT2D eigenvalue weighted by Gasteiger charge is -2.28. The Morgan fingerprint density at radius 2 is 0.881 bits per heavy atom. The van der Waals surface area contributed by atoms with E-state index >= 15 is 0 Å². The van der Waals surface area contributed by atoms with E-state index in [0.717, 1.165) is 51.4 Å². The number of hydrogen-bond donors (Lipinski definition) is 0. The average molecular weight is 856 g/mol. The molecule has 9 nitrogen and oxygen atoms in total. The van der Waals surface area contributed by atoms with Gasteiger partial charge in [-0.05, 0) is 57.8 Å². The van der Waals surface area contributed by atoms with Crippen molar-refractivity contribution in [3.8, 4) is 0 Å². The van der Waals surface area contributed by atoms with E-state index in [2.05, 4.69) is 38.2 Å². The minimum absolute atomic E-state index is 0.0352. The molecule has 0 radical (unpaired) electrons. The molecule has 0 rings (SSSR count). The van der Waals surface area contributed by atoms with Crippen LogP contribution in [0.3, 0.4) is 0 Å². The van der Waals surface area contributed by atoms with Crippen LogP contribution in [0.4, 0.5) is 0 Å². The zero-order valence-electron chi connectivity index (χ0n) is 39.2. The number of quaternary nitrogens is 1. The van der Waals surface area contributed by atoms with Crippen molar-refractivity contribution in [2.75, 3.05) is 47.5 Å². The molecule has 0 aliphatic carbocycles. The van der Waals surface area contributed by atoms with Crippen LogP contribution in [0, 0.1) is 0 Å². The van der Waals surface area contributed by atoms with Gasteiger partial charge in [0.05, 0.1) is 27.7 Å². The lowest BCUT2D eigenvalue weighted by Crippen LogP contribution is -2.37. The van der Waals surface area contributed by atoms with Gasteiger partial charge in [-0.2, -0.15) is 0 Å². The van der Waals surface area contributed by atoms with Crippen molar-refractivity contribution in [3.63, 3.8) is 0 Å². The molecule has 0 saturated heterocycles. The van der Waals surface area contributed by atoms with Crippen molar-refractivity contribution in [1.82, 2.24) is 0 Å². The van der Waals surface area contributed by atoms with Crippen molar-refractivity contribution in [2.45, 2.75) is 232 Å². The maximum atomic E-state index is 12.7. The molecule has 348 valence electrons. The van der Waals surface area contributed by atoms with E-state index in [1.165, 1.54) is 141 Å². The Kier molecular flexibility index (Phi) is 40.8. The molecule has 2 atom stereocenters. The third-order valence-electron chi connectivity index (χ3n) is 10.7. The Labute approximate surface area is 364 Å². The lowest BCUT2D eigenvalue weighted by molar-refractivity contribution is -0.870. The summed E-state index contributed by atoms with van der Waals surface area (Å²) in [7, 11) is 1.15. The molecule has 59 heavy (non-hydrogen) atoms. The van der Waals surface area contributed by atoms with Gasteiger partial charge in [-0.1, -0.05) is 179 Å². The van der Waals surface area contributed by atoms with Gasteiger partial charge in [-0.15, -0.1) is 0 Å². The molecule has 0 amide bonds. The number of nitrogens with zero attached hydrogens (tertiary/aromatic N) is 1. The first-order valence-corrected chi connectivity index (χ1v) is 26.0. The van der Waals surface area contributed by atoms with Crippen molar-refractivity contribution < 1.29 is 42.1 Å². The van der Waals surface area contributed by atoms with E-state index in [9.17, 15) is 19.0 Å². The summed E-state index contributed by atoms with van der Waals surface area (Å²) in [6.45, 7) is 4.19. The predicted molar refractivity (Wildman–Crippen MR) is 245 cm³/mol. The fourth-order valence-corrected chi connectivity index (χ4v) is 7.56. The minimum Gasteiger partial charge on any atom is -0.756 e. The maximum Gasteiger partial charge on any atom is 0.306 e. The molecule has 0 saturated carbocycles. The molecule has 0 aromatic rings. The van der Waals surface area contributed by atoms with E-state index < -0.39 is 32.5 Å². The molecule has 0 spiro atoms.